The van der Waals surface area contributed by atoms with Crippen molar-refractivity contribution in [2.45, 2.75) is 26.9 Å². The molecule has 4 nitrogen and oxygen atoms in total. The molecule has 0 spiro atoms. The van der Waals surface area contributed by atoms with E-state index in [0.717, 1.165) is 21.4 Å². The molecule has 118 valence electrons. The molecule has 0 aliphatic rings. The van der Waals surface area contributed by atoms with Gasteiger partial charge in [0.15, 0.2) is 0 Å². The van der Waals surface area contributed by atoms with Gasteiger partial charge in [-0.1, -0.05) is 18.2 Å². The average Bonchev–Trinajstić information content (AvgIpc) is 3.02. The van der Waals surface area contributed by atoms with Gasteiger partial charge in [-0.3, -0.25) is 4.79 Å². The van der Waals surface area contributed by atoms with Crippen LogP contribution in [0, 0.1) is 13.8 Å². The fraction of sp³-hybridized carbons (Fsp3) is 0.222. The van der Waals surface area contributed by atoms with Gasteiger partial charge in [0, 0.05) is 21.9 Å². The lowest BCUT2D eigenvalue weighted by molar-refractivity contribution is -0.144. The van der Waals surface area contributed by atoms with Crippen molar-refractivity contribution < 1.29 is 13.9 Å². The van der Waals surface area contributed by atoms with Gasteiger partial charge in [-0.15, -0.1) is 11.3 Å². The highest BCUT2D eigenvalue weighted by Gasteiger charge is 2.12. The van der Waals surface area contributed by atoms with Gasteiger partial charge in [0.2, 0.25) is 0 Å². The van der Waals surface area contributed by atoms with Gasteiger partial charge in [0.1, 0.15) is 12.2 Å². The molecule has 0 saturated carbocycles. The standard InChI is InChI=1S/C18H16O4S/c1-11-5-6-15-13(8-17(20)22-18(15)12(11)2)10-21-16(19)9-14-4-3-7-23-14/h3-8H,9-10H2,1-2H3. The predicted molar refractivity (Wildman–Crippen MR) is 89.8 cm³/mol. The molecular weight excluding hydrogens is 312 g/mol. The number of thiophene rings is 1. The van der Waals surface area contributed by atoms with Crippen molar-refractivity contribution in [3.8, 4) is 0 Å². The van der Waals surface area contributed by atoms with E-state index in [1.807, 2.05) is 43.5 Å². The number of esters is 1. The van der Waals surface area contributed by atoms with Crippen LogP contribution in [0.4, 0.5) is 0 Å². The summed E-state index contributed by atoms with van der Waals surface area (Å²) in [6.45, 7) is 3.94. The van der Waals surface area contributed by atoms with Crippen LogP contribution in [-0.4, -0.2) is 5.97 Å². The maximum atomic E-state index is 11.9. The van der Waals surface area contributed by atoms with Crippen molar-refractivity contribution in [1.29, 1.82) is 0 Å². The van der Waals surface area contributed by atoms with Crippen LogP contribution in [0.2, 0.25) is 0 Å². The summed E-state index contributed by atoms with van der Waals surface area (Å²) in [5.41, 5.74) is 2.76. The van der Waals surface area contributed by atoms with Crippen molar-refractivity contribution in [3.05, 3.63) is 67.7 Å². The Morgan fingerprint density at radius 1 is 1.26 bits per heavy atom. The third-order valence-electron chi connectivity index (χ3n) is 3.80. The Kier molecular flexibility index (Phi) is 4.30. The molecule has 5 heteroatoms. The van der Waals surface area contributed by atoms with Crippen molar-refractivity contribution in [2.24, 2.45) is 0 Å². The first-order valence-corrected chi connectivity index (χ1v) is 8.13. The summed E-state index contributed by atoms with van der Waals surface area (Å²) in [6, 6.07) is 9.03. The third-order valence-corrected chi connectivity index (χ3v) is 4.68. The van der Waals surface area contributed by atoms with E-state index in [0.29, 0.717) is 11.1 Å². The molecule has 1 aromatic carbocycles. The van der Waals surface area contributed by atoms with Crippen LogP contribution in [0.3, 0.4) is 0 Å². The minimum absolute atomic E-state index is 0.0643. The summed E-state index contributed by atoms with van der Waals surface area (Å²) in [7, 11) is 0. The van der Waals surface area contributed by atoms with Crippen LogP contribution < -0.4 is 5.63 Å². The monoisotopic (exact) mass is 328 g/mol. The van der Waals surface area contributed by atoms with Crippen LogP contribution in [0.25, 0.3) is 11.0 Å². The molecule has 3 aromatic rings. The second-order valence-electron chi connectivity index (χ2n) is 5.39. The van der Waals surface area contributed by atoms with E-state index >= 15 is 0 Å². The quantitative estimate of drug-likeness (QED) is 0.540. The molecule has 0 radical (unpaired) electrons. The predicted octanol–water partition coefficient (Wildman–Crippen LogP) is 3.76. The first-order chi connectivity index (χ1) is 11.0. The van der Waals surface area contributed by atoms with E-state index in [-0.39, 0.29) is 19.0 Å². The van der Waals surface area contributed by atoms with Gasteiger partial charge in [-0.25, -0.2) is 4.79 Å². The average molecular weight is 328 g/mol. The molecule has 0 aliphatic heterocycles. The Balaban J connectivity index is 1.84. The fourth-order valence-corrected chi connectivity index (χ4v) is 3.10. The van der Waals surface area contributed by atoms with Crippen LogP contribution in [-0.2, 0) is 22.6 Å². The highest BCUT2D eigenvalue weighted by Crippen LogP contribution is 2.23. The second-order valence-corrected chi connectivity index (χ2v) is 6.42. The first kappa shape index (κ1) is 15.5. The minimum atomic E-state index is -0.435. The highest BCUT2D eigenvalue weighted by atomic mass is 32.1. The lowest BCUT2D eigenvalue weighted by Gasteiger charge is -2.09. The molecule has 0 unspecified atom stereocenters. The lowest BCUT2D eigenvalue weighted by Crippen LogP contribution is -2.09. The number of rotatable bonds is 4. The van der Waals surface area contributed by atoms with Gasteiger partial charge < -0.3 is 9.15 Å². The van der Waals surface area contributed by atoms with E-state index in [1.165, 1.54) is 17.4 Å². The Hall–Kier alpha value is -2.40. The van der Waals surface area contributed by atoms with Gasteiger partial charge >= 0.3 is 11.6 Å². The molecule has 0 fully saturated rings. The topological polar surface area (TPSA) is 56.5 Å². The minimum Gasteiger partial charge on any atom is -0.461 e. The lowest BCUT2D eigenvalue weighted by atomic mass is 10.0. The summed E-state index contributed by atoms with van der Waals surface area (Å²) in [6.07, 6.45) is 0.245. The van der Waals surface area contributed by atoms with Gasteiger partial charge in [0.25, 0.3) is 0 Å². The zero-order valence-corrected chi connectivity index (χ0v) is 13.7. The van der Waals surface area contributed by atoms with E-state index in [4.69, 9.17) is 9.15 Å². The summed E-state index contributed by atoms with van der Waals surface area (Å²) in [4.78, 5) is 24.6. The van der Waals surface area contributed by atoms with Crippen LogP contribution in [0.1, 0.15) is 21.6 Å². The molecule has 0 N–H and O–H groups in total. The smallest absolute Gasteiger partial charge is 0.336 e. The maximum absolute atomic E-state index is 11.9. The molecule has 2 aromatic heterocycles. The van der Waals surface area contributed by atoms with E-state index in [2.05, 4.69) is 0 Å². The molecule has 23 heavy (non-hydrogen) atoms. The number of hydrogen-bond donors (Lipinski definition) is 0. The highest BCUT2D eigenvalue weighted by molar-refractivity contribution is 7.10. The summed E-state index contributed by atoms with van der Waals surface area (Å²) in [5.74, 6) is -0.308. The van der Waals surface area contributed by atoms with Crippen molar-refractivity contribution in [3.63, 3.8) is 0 Å². The van der Waals surface area contributed by atoms with Crippen molar-refractivity contribution in [1.82, 2.24) is 0 Å². The summed E-state index contributed by atoms with van der Waals surface area (Å²) < 4.78 is 10.6. The molecular formula is C18H16O4S. The third kappa shape index (κ3) is 3.35. The molecule has 2 heterocycles. The Bertz CT molecular complexity index is 907. The molecule has 0 aliphatic carbocycles. The maximum Gasteiger partial charge on any atom is 0.336 e. The number of aryl methyl sites for hydroxylation is 2. The number of fused-ring (bicyclic) bond motifs is 1. The van der Waals surface area contributed by atoms with E-state index < -0.39 is 5.63 Å². The number of ether oxygens (including phenoxy) is 1. The van der Waals surface area contributed by atoms with Gasteiger partial charge in [0.05, 0.1) is 6.42 Å². The first-order valence-electron chi connectivity index (χ1n) is 7.25. The summed E-state index contributed by atoms with van der Waals surface area (Å²) >= 11 is 1.52. The van der Waals surface area contributed by atoms with E-state index in [9.17, 15) is 9.59 Å². The fourth-order valence-electron chi connectivity index (χ4n) is 2.41. The molecule has 3 rings (SSSR count). The molecule has 0 atom stereocenters. The van der Waals surface area contributed by atoms with Crippen LogP contribution >= 0.6 is 11.3 Å². The zero-order chi connectivity index (χ0) is 16.4. The Morgan fingerprint density at radius 3 is 2.83 bits per heavy atom. The number of carbonyl (C=O) groups excluding carboxylic acids is 1. The molecule has 0 bridgehead atoms. The van der Waals surface area contributed by atoms with Gasteiger partial charge in [-0.2, -0.15) is 0 Å². The second kappa shape index (κ2) is 6.38. The Labute approximate surface area is 137 Å². The van der Waals surface area contributed by atoms with Crippen LogP contribution in [0.5, 0.6) is 0 Å². The van der Waals surface area contributed by atoms with Gasteiger partial charge in [-0.05, 0) is 36.4 Å². The number of benzene rings is 1. The largest absolute Gasteiger partial charge is 0.461 e. The number of carbonyl (C=O) groups is 1. The van der Waals surface area contributed by atoms with E-state index in [1.54, 1.807) is 0 Å². The zero-order valence-electron chi connectivity index (χ0n) is 12.9. The Morgan fingerprint density at radius 2 is 2.09 bits per heavy atom. The normalized spacial score (nSPS) is 10.9. The van der Waals surface area contributed by atoms with Crippen molar-refractivity contribution in [2.75, 3.05) is 0 Å². The molecule has 0 amide bonds. The van der Waals surface area contributed by atoms with Crippen LogP contribution in [0.15, 0.2) is 44.9 Å². The molecule has 0 saturated heterocycles. The SMILES string of the molecule is Cc1ccc2c(COC(=O)Cc3cccs3)cc(=O)oc2c1C. The van der Waals surface area contributed by atoms with Crippen molar-refractivity contribution >= 4 is 28.3 Å². The number of hydrogen-bond acceptors (Lipinski definition) is 5. The summed E-state index contributed by atoms with van der Waals surface area (Å²) in [5, 5.41) is 2.72.